The maximum absolute atomic E-state index is 12.4. The van der Waals surface area contributed by atoms with E-state index in [0.717, 1.165) is 10.7 Å². The minimum atomic E-state index is -1.10. The highest BCUT2D eigenvalue weighted by molar-refractivity contribution is 9.10. The van der Waals surface area contributed by atoms with Gasteiger partial charge in [0.05, 0.1) is 7.11 Å². The molecule has 9 heteroatoms. The van der Waals surface area contributed by atoms with Crippen molar-refractivity contribution in [2.75, 3.05) is 14.0 Å². The zero-order valence-corrected chi connectivity index (χ0v) is 17.1. The van der Waals surface area contributed by atoms with Gasteiger partial charge in [0.2, 0.25) is 6.86 Å². The van der Waals surface area contributed by atoms with Crippen LogP contribution in [0, 0.1) is 0 Å². The molecule has 2 aromatic carbocycles. The van der Waals surface area contributed by atoms with Gasteiger partial charge in [-0.15, -0.1) is 0 Å². The molecule has 0 atom stereocenters. The van der Waals surface area contributed by atoms with Gasteiger partial charge in [0.25, 0.3) is 5.17 Å². The smallest absolute Gasteiger partial charge is 0.341 e. The molecule has 0 aliphatic carbocycles. The number of carbonyl (C=O) groups excluding carboxylic acids is 1. The summed E-state index contributed by atoms with van der Waals surface area (Å²) in [4.78, 5) is 16.1. The number of halogens is 2. The Labute approximate surface area is 174 Å². The molecule has 0 saturated carbocycles. The third kappa shape index (κ3) is 5.86. The first-order chi connectivity index (χ1) is 13.5. The maximum Gasteiger partial charge on any atom is 0.341 e. The number of benzene rings is 2. The lowest BCUT2D eigenvalue weighted by Crippen LogP contribution is -2.17. The second kappa shape index (κ2) is 10.5. The Morgan fingerprint density at radius 3 is 2.57 bits per heavy atom. The molecule has 28 heavy (non-hydrogen) atoms. The predicted octanol–water partition coefficient (Wildman–Crippen LogP) is 3.98. The molecule has 0 heterocycles. The van der Waals surface area contributed by atoms with Crippen LogP contribution in [0.3, 0.4) is 0 Å². The van der Waals surface area contributed by atoms with E-state index in [9.17, 15) is 9.18 Å². The third-order valence-electron chi connectivity index (χ3n) is 3.40. The average Bonchev–Trinajstić information content (AvgIpc) is 2.69. The van der Waals surface area contributed by atoms with Crippen LogP contribution in [0.15, 0.2) is 64.3 Å². The first-order valence-corrected chi connectivity index (χ1v) is 9.03. The summed E-state index contributed by atoms with van der Waals surface area (Å²) in [6.07, 6.45) is 0.955. The first-order valence-electron chi connectivity index (χ1n) is 7.83. The third-order valence-corrected chi connectivity index (χ3v) is 4.10. The summed E-state index contributed by atoms with van der Waals surface area (Å²) in [5.41, 5.74) is 6.87. The molecule has 0 saturated heterocycles. The summed E-state index contributed by atoms with van der Waals surface area (Å²) in [6, 6.07) is 13.6. The number of nitrogens with zero attached hydrogens (tertiary/aromatic N) is 1. The van der Waals surface area contributed by atoms with E-state index in [4.69, 9.17) is 27.4 Å². The van der Waals surface area contributed by atoms with E-state index in [1.54, 1.807) is 36.4 Å². The van der Waals surface area contributed by atoms with Gasteiger partial charge in [-0.2, -0.15) is 4.99 Å². The number of thiocarbonyl (C=S) groups is 1. The molecule has 0 bridgehead atoms. The molecule has 0 radical (unpaired) electrons. The van der Waals surface area contributed by atoms with Crippen LogP contribution < -0.4 is 10.5 Å². The fourth-order valence-electron chi connectivity index (χ4n) is 2.12. The summed E-state index contributed by atoms with van der Waals surface area (Å²) in [5, 5.41) is -0.163. The number of methoxy groups -OCH3 is 1. The molecule has 0 spiro atoms. The molecule has 2 N–H and O–H groups in total. The van der Waals surface area contributed by atoms with Crippen molar-refractivity contribution in [3.8, 4) is 5.75 Å². The van der Waals surface area contributed by atoms with E-state index in [2.05, 4.69) is 25.7 Å². The first kappa shape index (κ1) is 21.5. The van der Waals surface area contributed by atoms with Gasteiger partial charge in [-0.05, 0) is 30.4 Å². The molecule has 0 aromatic heterocycles. The van der Waals surface area contributed by atoms with Crippen molar-refractivity contribution in [3.63, 3.8) is 0 Å². The zero-order chi connectivity index (χ0) is 20.5. The fraction of sp³-hybridized carbons (Fsp3) is 0.105. The average molecular weight is 467 g/mol. The highest BCUT2D eigenvalue weighted by Crippen LogP contribution is 2.27. The molecule has 0 amide bonds. The SMILES string of the molecule is COC(=O)/C(=C/OCF)c1ccccc1OC(=S)/N=C(\N)c1ccc(Br)cc1. The van der Waals surface area contributed by atoms with E-state index in [1.165, 1.54) is 7.11 Å². The number of hydrogen-bond acceptors (Lipinski definition) is 5. The van der Waals surface area contributed by atoms with Crippen LogP contribution in [0.5, 0.6) is 5.75 Å². The van der Waals surface area contributed by atoms with Crippen molar-refractivity contribution >= 4 is 50.7 Å². The Kier molecular flexibility index (Phi) is 8.09. The summed E-state index contributed by atoms with van der Waals surface area (Å²) < 4.78 is 28.1. The van der Waals surface area contributed by atoms with Crippen molar-refractivity contribution < 1.29 is 23.4 Å². The van der Waals surface area contributed by atoms with Crippen LogP contribution in [-0.4, -0.2) is 30.9 Å². The van der Waals surface area contributed by atoms with Crippen molar-refractivity contribution in [1.29, 1.82) is 0 Å². The monoisotopic (exact) mass is 466 g/mol. The van der Waals surface area contributed by atoms with Gasteiger partial charge in [-0.1, -0.05) is 46.3 Å². The van der Waals surface area contributed by atoms with Gasteiger partial charge in [0.1, 0.15) is 23.4 Å². The minimum Gasteiger partial charge on any atom is -0.470 e. The second-order valence-electron chi connectivity index (χ2n) is 5.17. The predicted molar refractivity (Wildman–Crippen MR) is 112 cm³/mol. The Bertz CT molecular complexity index is 916. The highest BCUT2D eigenvalue weighted by atomic mass is 79.9. The molecule has 2 aromatic rings. The Balaban J connectivity index is 2.29. The number of nitrogens with two attached hydrogens (primary N) is 1. The summed E-state index contributed by atoms with van der Waals surface area (Å²) in [6.45, 7) is -1.10. The molecule has 0 unspecified atom stereocenters. The van der Waals surface area contributed by atoms with Crippen LogP contribution in [0.25, 0.3) is 5.57 Å². The molecular formula is C19H16BrFN2O4S. The summed E-state index contributed by atoms with van der Waals surface area (Å²) in [5.74, 6) is -0.355. The van der Waals surface area contributed by atoms with Crippen LogP contribution in [0.2, 0.25) is 0 Å². The Morgan fingerprint density at radius 2 is 1.93 bits per heavy atom. The molecule has 6 nitrogen and oxygen atoms in total. The van der Waals surface area contributed by atoms with E-state index >= 15 is 0 Å². The van der Waals surface area contributed by atoms with Crippen LogP contribution in [0.1, 0.15) is 11.1 Å². The largest absolute Gasteiger partial charge is 0.470 e. The quantitative estimate of drug-likeness (QED) is 0.173. The van der Waals surface area contributed by atoms with Crippen molar-refractivity contribution in [3.05, 3.63) is 70.4 Å². The number of amidine groups is 1. The number of hydrogen-bond donors (Lipinski definition) is 1. The van der Waals surface area contributed by atoms with Crippen molar-refractivity contribution in [1.82, 2.24) is 0 Å². The lowest BCUT2D eigenvalue weighted by Gasteiger charge is -2.12. The number of alkyl halides is 1. The summed E-state index contributed by atoms with van der Waals surface area (Å²) >= 11 is 8.48. The van der Waals surface area contributed by atoms with Gasteiger partial charge in [-0.3, -0.25) is 0 Å². The number of esters is 1. The van der Waals surface area contributed by atoms with Crippen LogP contribution >= 0.6 is 28.1 Å². The van der Waals surface area contributed by atoms with Gasteiger partial charge in [0, 0.05) is 15.6 Å². The summed E-state index contributed by atoms with van der Waals surface area (Å²) in [7, 11) is 1.20. The minimum absolute atomic E-state index is 0.0385. The molecule has 0 fully saturated rings. The van der Waals surface area contributed by atoms with Gasteiger partial charge < -0.3 is 19.9 Å². The van der Waals surface area contributed by atoms with E-state index < -0.39 is 12.8 Å². The normalized spacial score (nSPS) is 11.7. The number of rotatable bonds is 6. The molecule has 0 aliphatic rings. The molecular weight excluding hydrogens is 451 g/mol. The highest BCUT2D eigenvalue weighted by Gasteiger charge is 2.18. The van der Waals surface area contributed by atoms with Crippen LogP contribution in [-0.2, 0) is 14.3 Å². The van der Waals surface area contributed by atoms with Gasteiger partial charge >= 0.3 is 5.97 Å². The Morgan fingerprint density at radius 1 is 1.25 bits per heavy atom. The van der Waals surface area contributed by atoms with Gasteiger partial charge in [0.15, 0.2) is 0 Å². The standard InChI is InChI=1S/C19H16BrFN2O4S/c1-25-18(24)15(10-26-11-21)14-4-2-3-5-16(14)27-19(28)23-17(22)12-6-8-13(20)9-7-12/h2-10H,11H2,1H3,(H2,22,23,28)/b15-10+. The fourth-order valence-corrected chi connectivity index (χ4v) is 2.58. The lowest BCUT2D eigenvalue weighted by molar-refractivity contribution is -0.133. The Hall–Kier alpha value is -2.78. The maximum atomic E-state index is 12.4. The molecule has 146 valence electrons. The topological polar surface area (TPSA) is 83.1 Å². The second-order valence-corrected chi connectivity index (χ2v) is 6.43. The number of para-hydroxylation sites is 1. The van der Waals surface area contributed by atoms with Crippen LogP contribution in [0.4, 0.5) is 4.39 Å². The molecule has 0 aliphatic heterocycles. The number of aliphatic imine (C=N–C) groups is 1. The number of carbonyl (C=O) groups is 1. The van der Waals surface area contributed by atoms with E-state index in [0.29, 0.717) is 11.1 Å². The number of ether oxygens (including phenoxy) is 3. The lowest BCUT2D eigenvalue weighted by atomic mass is 10.1. The van der Waals surface area contributed by atoms with E-state index in [1.807, 2.05) is 12.1 Å². The van der Waals surface area contributed by atoms with Crippen molar-refractivity contribution in [2.24, 2.45) is 10.7 Å². The molecule has 2 rings (SSSR count). The zero-order valence-electron chi connectivity index (χ0n) is 14.7. The van der Waals surface area contributed by atoms with E-state index in [-0.39, 0.29) is 22.3 Å². The van der Waals surface area contributed by atoms with Gasteiger partial charge in [-0.25, -0.2) is 9.18 Å². The van der Waals surface area contributed by atoms with Crippen molar-refractivity contribution in [2.45, 2.75) is 0 Å².